The molecule has 1 saturated carbocycles. The molecule has 2 aromatic carbocycles. The molecular formula is C26H30O6. The second-order valence-electron chi connectivity index (χ2n) is 9.64. The third-order valence-electron chi connectivity index (χ3n) is 6.27. The van der Waals surface area contributed by atoms with Gasteiger partial charge in [0.15, 0.2) is 0 Å². The first kappa shape index (κ1) is 23.5. The smallest absolute Gasteiger partial charge is 0.312 e. The van der Waals surface area contributed by atoms with Gasteiger partial charge in [-0.05, 0) is 51.2 Å². The van der Waals surface area contributed by atoms with Crippen molar-refractivity contribution in [1.29, 1.82) is 0 Å². The Kier molecular flexibility index (Phi) is 6.72. The zero-order chi connectivity index (χ0) is 23.4. The third-order valence-corrected chi connectivity index (χ3v) is 6.27. The molecule has 0 amide bonds. The lowest BCUT2D eigenvalue weighted by molar-refractivity contribution is -0.181. The Morgan fingerprint density at radius 2 is 1.03 bits per heavy atom. The molecule has 0 aliphatic heterocycles. The van der Waals surface area contributed by atoms with E-state index in [1.807, 2.05) is 60.7 Å². The summed E-state index contributed by atoms with van der Waals surface area (Å²) in [5.74, 6) is -2.05. The number of carbonyl (C=O) groups is 3. The van der Waals surface area contributed by atoms with Crippen LogP contribution in [0.1, 0.15) is 51.2 Å². The lowest BCUT2D eigenvalue weighted by Crippen LogP contribution is -2.52. The van der Waals surface area contributed by atoms with Gasteiger partial charge in [0.2, 0.25) is 0 Å². The van der Waals surface area contributed by atoms with Gasteiger partial charge in [-0.2, -0.15) is 0 Å². The van der Waals surface area contributed by atoms with E-state index in [1.54, 1.807) is 20.8 Å². The van der Waals surface area contributed by atoms with Crippen molar-refractivity contribution in [3.05, 3.63) is 71.8 Å². The maximum absolute atomic E-state index is 13.1. The van der Waals surface area contributed by atoms with Crippen molar-refractivity contribution >= 4 is 17.9 Å². The number of carboxylic acid groups (broad SMARTS) is 1. The Labute approximate surface area is 188 Å². The molecule has 6 nitrogen and oxygen atoms in total. The maximum atomic E-state index is 13.1. The molecule has 2 unspecified atom stereocenters. The summed E-state index contributed by atoms with van der Waals surface area (Å²) in [7, 11) is 0. The number of hydrogen-bond donors (Lipinski definition) is 1. The lowest BCUT2D eigenvalue weighted by atomic mass is 9.54. The van der Waals surface area contributed by atoms with Crippen LogP contribution in [0.25, 0.3) is 0 Å². The van der Waals surface area contributed by atoms with Gasteiger partial charge >= 0.3 is 17.9 Å². The fourth-order valence-corrected chi connectivity index (χ4v) is 5.01. The first-order chi connectivity index (χ1) is 15.1. The number of carboxylic acids is 1. The minimum Gasteiger partial charge on any atom is -0.481 e. The first-order valence-corrected chi connectivity index (χ1v) is 10.7. The quantitative estimate of drug-likeness (QED) is 0.627. The predicted molar refractivity (Wildman–Crippen MR) is 118 cm³/mol. The molecular weight excluding hydrogens is 408 g/mol. The molecule has 6 heteroatoms. The van der Waals surface area contributed by atoms with Crippen molar-refractivity contribution in [2.45, 2.75) is 53.2 Å². The molecule has 0 bridgehead atoms. The molecule has 0 aromatic heterocycles. The Morgan fingerprint density at radius 1 is 0.688 bits per heavy atom. The molecule has 1 aliphatic carbocycles. The summed E-state index contributed by atoms with van der Waals surface area (Å²) in [5, 5.41) is 9.94. The Morgan fingerprint density at radius 3 is 1.38 bits per heavy atom. The summed E-state index contributed by atoms with van der Waals surface area (Å²) >= 11 is 0. The normalized spacial score (nSPS) is 27.3. The second-order valence-corrected chi connectivity index (χ2v) is 9.64. The van der Waals surface area contributed by atoms with Crippen LogP contribution in [-0.2, 0) is 37.1 Å². The number of esters is 2. The molecule has 1 fully saturated rings. The number of carbonyl (C=O) groups excluding carboxylic acids is 2. The van der Waals surface area contributed by atoms with E-state index in [9.17, 15) is 19.5 Å². The molecule has 1 N–H and O–H groups in total. The molecule has 0 saturated heterocycles. The van der Waals surface area contributed by atoms with Gasteiger partial charge in [0, 0.05) is 0 Å². The van der Waals surface area contributed by atoms with Crippen molar-refractivity contribution in [3.63, 3.8) is 0 Å². The van der Waals surface area contributed by atoms with E-state index in [0.29, 0.717) is 0 Å². The summed E-state index contributed by atoms with van der Waals surface area (Å²) in [5.41, 5.74) is -1.86. The van der Waals surface area contributed by atoms with Crippen LogP contribution in [0.2, 0.25) is 0 Å². The number of benzene rings is 2. The average Bonchev–Trinajstić information content (AvgIpc) is 2.76. The standard InChI is InChI=1S/C26H30O6/c1-24(21(27)28)16-25(2,22(29)31-14-19-10-6-4-7-11-19)18-26(3,17-24)23(30)32-15-20-12-8-5-9-13-20/h4-13H,14-18H2,1-3H3,(H,27,28). The Bertz CT molecular complexity index is 901. The van der Waals surface area contributed by atoms with Crippen LogP contribution >= 0.6 is 0 Å². The van der Waals surface area contributed by atoms with Crippen LogP contribution in [0.15, 0.2) is 60.7 Å². The SMILES string of the molecule is CC1(C(=O)O)CC(C)(C(=O)OCc2ccccc2)CC(C)(C(=O)OCc2ccccc2)C1. The van der Waals surface area contributed by atoms with Crippen LogP contribution < -0.4 is 0 Å². The fourth-order valence-electron chi connectivity index (χ4n) is 5.01. The van der Waals surface area contributed by atoms with Crippen molar-refractivity contribution in [3.8, 4) is 0 Å². The van der Waals surface area contributed by atoms with Crippen molar-refractivity contribution in [1.82, 2.24) is 0 Å². The van der Waals surface area contributed by atoms with Gasteiger partial charge < -0.3 is 14.6 Å². The first-order valence-electron chi connectivity index (χ1n) is 10.7. The summed E-state index contributed by atoms with van der Waals surface area (Å²) in [6.07, 6.45) is 0.332. The third kappa shape index (κ3) is 5.18. The summed E-state index contributed by atoms with van der Waals surface area (Å²) in [4.78, 5) is 38.4. The van der Waals surface area contributed by atoms with E-state index in [4.69, 9.17) is 9.47 Å². The molecule has 1 aliphatic rings. The van der Waals surface area contributed by atoms with Crippen LogP contribution in [0.4, 0.5) is 0 Å². The molecule has 2 atom stereocenters. The van der Waals surface area contributed by atoms with Gasteiger partial charge in [-0.25, -0.2) is 0 Å². The van der Waals surface area contributed by atoms with Crippen molar-refractivity contribution in [2.24, 2.45) is 16.2 Å². The van der Waals surface area contributed by atoms with Crippen LogP contribution in [-0.4, -0.2) is 23.0 Å². The predicted octanol–water partition coefficient (Wildman–Crippen LogP) is 4.76. The summed E-state index contributed by atoms with van der Waals surface area (Å²) in [6.45, 7) is 5.13. The lowest BCUT2D eigenvalue weighted by Gasteiger charge is -2.48. The zero-order valence-corrected chi connectivity index (χ0v) is 18.8. The van der Waals surface area contributed by atoms with Gasteiger partial charge in [0.25, 0.3) is 0 Å². The highest BCUT2D eigenvalue weighted by Gasteiger charge is 2.59. The number of hydrogen-bond acceptors (Lipinski definition) is 5. The topological polar surface area (TPSA) is 89.9 Å². The van der Waals surface area contributed by atoms with Gasteiger partial charge in [0.05, 0.1) is 16.2 Å². The highest BCUT2D eigenvalue weighted by molar-refractivity contribution is 5.85. The van der Waals surface area contributed by atoms with Crippen LogP contribution in [0.5, 0.6) is 0 Å². The minimum absolute atomic E-state index is 0.0878. The van der Waals surface area contributed by atoms with Gasteiger partial charge in [-0.15, -0.1) is 0 Å². The van der Waals surface area contributed by atoms with Crippen molar-refractivity contribution < 1.29 is 29.0 Å². The van der Waals surface area contributed by atoms with Gasteiger partial charge in [-0.1, -0.05) is 60.7 Å². The second kappa shape index (κ2) is 9.15. The molecule has 3 rings (SSSR count). The molecule has 0 spiro atoms. The van der Waals surface area contributed by atoms with E-state index in [1.165, 1.54) is 0 Å². The van der Waals surface area contributed by atoms with Gasteiger partial charge in [0.1, 0.15) is 13.2 Å². The Balaban J connectivity index is 1.79. The van der Waals surface area contributed by atoms with Crippen LogP contribution in [0, 0.1) is 16.2 Å². The van der Waals surface area contributed by atoms with E-state index in [0.717, 1.165) is 11.1 Å². The monoisotopic (exact) mass is 438 g/mol. The minimum atomic E-state index is -1.26. The van der Waals surface area contributed by atoms with Gasteiger partial charge in [-0.3, -0.25) is 14.4 Å². The fraction of sp³-hybridized carbons (Fsp3) is 0.423. The van der Waals surface area contributed by atoms with E-state index < -0.39 is 34.2 Å². The van der Waals surface area contributed by atoms with Crippen LogP contribution in [0.3, 0.4) is 0 Å². The summed E-state index contributed by atoms with van der Waals surface area (Å²) in [6, 6.07) is 18.6. The zero-order valence-electron chi connectivity index (χ0n) is 18.8. The van der Waals surface area contributed by atoms with E-state index >= 15 is 0 Å². The highest BCUT2D eigenvalue weighted by atomic mass is 16.5. The van der Waals surface area contributed by atoms with E-state index in [-0.39, 0.29) is 32.5 Å². The molecule has 32 heavy (non-hydrogen) atoms. The average molecular weight is 439 g/mol. The number of aliphatic carboxylic acids is 1. The Hall–Kier alpha value is -3.15. The molecule has 2 aromatic rings. The molecule has 170 valence electrons. The summed E-state index contributed by atoms with van der Waals surface area (Å²) < 4.78 is 11.1. The highest BCUT2D eigenvalue weighted by Crippen LogP contribution is 2.55. The number of ether oxygens (including phenoxy) is 2. The molecule has 0 radical (unpaired) electrons. The maximum Gasteiger partial charge on any atom is 0.312 e. The largest absolute Gasteiger partial charge is 0.481 e. The number of rotatable bonds is 7. The van der Waals surface area contributed by atoms with Crippen molar-refractivity contribution in [2.75, 3.05) is 0 Å². The molecule has 0 heterocycles. The van der Waals surface area contributed by atoms with E-state index in [2.05, 4.69) is 0 Å².